The number of nitrogens with zero attached hydrogens (tertiary/aromatic N) is 1. The third-order valence-electron chi connectivity index (χ3n) is 1.26. The van der Waals surface area contributed by atoms with Crippen LogP contribution in [0.25, 0.3) is 0 Å². The second-order valence-electron chi connectivity index (χ2n) is 2.09. The Kier molecular flexibility index (Phi) is 1.81. The molecule has 1 aromatic heterocycles. The van der Waals surface area contributed by atoms with Gasteiger partial charge in [-0.25, -0.2) is 4.98 Å². The summed E-state index contributed by atoms with van der Waals surface area (Å²) in [4.78, 5) is 7.07. The second-order valence-corrected chi connectivity index (χ2v) is 2.86. The van der Waals surface area contributed by atoms with E-state index in [0.717, 1.165) is 11.4 Å². The lowest BCUT2D eigenvalue weighted by atomic mass is 10.3. The van der Waals surface area contributed by atoms with Crippen molar-refractivity contribution in [2.75, 3.05) is 0 Å². The van der Waals surface area contributed by atoms with Crippen LogP contribution in [0.3, 0.4) is 0 Å². The zero-order chi connectivity index (χ0) is 6.85. The minimum atomic E-state index is 0.233. The summed E-state index contributed by atoms with van der Waals surface area (Å²) in [7, 11) is 0. The fraction of sp³-hybridized carbons (Fsp3) is 0.500. The molecule has 0 aliphatic heterocycles. The molecule has 0 radical (unpaired) electrons. The molecule has 0 spiro atoms. The molecule has 1 atom stereocenters. The molecule has 0 fully saturated rings. The largest absolute Gasteiger partial charge is 0.348 e. The van der Waals surface area contributed by atoms with Gasteiger partial charge in [-0.05, 0) is 13.8 Å². The number of rotatable bonds is 1. The van der Waals surface area contributed by atoms with E-state index in [-0.39, 0.29) is 5.25 Å². The first-order chi connectivity index (χ1) is 4.22. The zero-order valence-electron chi connectivity index (χ0n) is 5.55. The number of hydrogen-bond acceptors (Lipinski definition) is 2. The number of aryl methyl sites for hydroxylation is 1. The second kappa shape index (κ2) is 2.43. The fourth-order valence-electron chi connectivity index (χ4n) is 0.791. The quantitative estimate of drug-likeness (QED) is 0.574. The summed E-state index contributed by atoms with van der Waals surface area (Å²) >= 11 is 4.24. The van der Waals surface area contributed by atoms with Crippen molar-refractivity contribution in [3.05, 3.63) is 17.7 Å². The van der Waals surface area contributed by atoms with Gasteiger partial charge in [0.2, 0.25) is 0 Å². The summed E-state index contributed by atoms with van der Waals surface area (Å²) in [6, 6.07) is 0. The van der Waals surface area contributed by atoms with Crippen molar-refractivity contribution in [2.24, 2.45) is 0 Å². The van der Waals surface area contributed by atoms with Crippen LogP contribution >= 0.6 is 12.6 Å². The van der Waals surface area contributed by atoms with E-state index in [1.54, 1.807) is 6.33 Å². The molecule has 0 saturated heterocycles. The van der Waals surface area contributed by atoms with Gasteiger partial charge >= 0.3 is 0 Å². The van der Waals surface area contributed by atoms with E-state index in [1.807, 2.05) is 13.8 Å². The number of thiol groups is 1. The molecule has 1 N–H and O–H groups in total. The molecule has 1 rings (SSSR count). The van der Waals surface area contributed by atoms with Crippen LogP contribution in [0, 0.1) is 6.92 Å². The highest BCUT2D eigenvalue weighted by Gasteiger charge is 2.04. The van der Waals surface area contributed by atoms with Crippen LogP contribution in [-0.4, -0.2) is 9.97 Å². The lowest BCUT2D eigenvalue weighted by Crippen LogP contribution is -1.86. The molecule has 0 aliphatic rings. The van der Waals surface area contributed by atoms with E-state index in [0.29, 0.717) is 0 Å². The van der Waals surface area contributed by atoms with Crippen molar-refractivity contribution in [1.82, 2.24) is 9.97 Å². The Balaban J connectivity index is 2.94. The van der Waals surface area contributed by atoms with Crippen molar-refractivity contribution in [2.45, 2.75) is 19.1 Å². The Labute approximate surface area is 60.1 Å². The molecule has 9 heavy (non-hydrogen) atoms. The first-order valence-electron chi connectivity index (χ1n) is 2.89. The maximum Gasteiger partial charge on any atom is 0.0925 e. The van der Waals surface area contributed by atoms with Gasteiger partial charge in [0.15, 0.2) is 0 Å². The Hall–Kier alpha value is -0.440. The highest BCUT2D eigenvalue weighted by molar-refractivity contribution is 7.80. The molecule has 50 valence electrons. The topological polar surface area (TPSA) is 28.7 Å². The molecule has 0 aliphatic carbocycles. The minimum absolute atomic E-state index is 0.233. The van der Waals surface area contributed by atoms with Gasteiger partial charge in [-0.2, -0.15) is 12.6 Å². The first kappa shape index (κ1) is 6.68. The molecule has 1 unspecified atom stereocenters. The molecule has 0 amide bonds. The number of aromatic nitrogens is 2. The molecular weight excluding hydrogens is 132 g/mol. The molecule has 1 heterocycles. The van der Waals surface area contributed by atoms with E-state index in [1.165, 1.54) is 0 Å². The predicted molar refractivity (Wildman–Crippen MR) is 40.7 cm³/mol. The average molecular weight is 142 g/mol. The summed E-state index contributed by atoms with van der Waals surface area (Å²) < 4.78 is 0. The van der Waals surface area contributed by atoms with Gasteiger partial charge in [-0.1, -0.05) is 0 Å². The van der Waals surface area contributed by atoms with Crippen LogP contribution in [0.4, 0.5) is 0 Å². The minimum Gasteiger partial charge on any atom is -0.348 e. The standard InChI is InChI=1S/C6H10N2S/c1-4-6(5(2)9)8-3-7-4/h3,5,9H,1-2H3,(H,7,8). The molecule has 0 bridgehead atoms. The third kappa shape index (κ3) is 1.27. The molecule has 1 aromatic rings. The van der Waals surface area contributed by atoms with Crippen LogP contribution in [0.5, 0.6) is 0 Å². The summed E-state index contributed by atoms with van der Waals surface area (Å²) in [5.74, 6) is 0. The smallest absolute Gasteiger partial charge is 0.0925 e. The van der Waals surface area contributed by atoms with Crippen LogP contribution < -0.4 is 0 Å². The monoisotopic (exact) mass is 142 g/mol. The van der Waals surface area contributed by atoms with Gasteiger partial charge < -0.3 is 4.98 Å². The Bertz CT molecular complexity index is 193. The lowest BCUT2D eigenvalue weighted by Gasteiger charge is -1.98. The van der Waals surface area contributed by atoms with E-state index in [4.69, 9.17) is 0 Å². The van der Waals surface area contributed by atoms with Crippen LogP contribution in [-0.2, 0) is 0 Å². The van der Waals surface area contributed by atoms with Crippen molar-refractivity contribution in [3.63, 3.8) is 0 Å². The van der Waals surface area contributed by atoms with Crippen molar-refractivity contribution >= 4 is 12.6 Å². The number of nitrogens with one attached hydrogen (secondary N) is 1. The van der Waals surface area contributed by atoms with Crippen molar-refractivity contribution in [3.8, 4) is 0 Å². The predicted octanol–water partition coefficient (Wildman–Crippen LogP) is 1.71. The highest BCUT2D eigenvalue weighted by atomic mass is 32.1. The van der Waals surface area contributed by atoms with Crippen LogP contribution in [0.2, 0.25) is 0 Å². The van der Waals surface area contributed by atoms with E-state index >= 15 is 0 Å². The highest BCUT2D eigenvalue weighted by Crippen LogP contribution is 2.17. The number of aromatic amines is 1. The number of imidazole rings is 1. The molecule has 3 heteroatoms. The number of hydrogen-bond donors (Lipinski definition) is 2. The fourth-order valence-corrected chi connectivity index (χ4v) is 1.05. The first-order valence-corrected chi connectivity index (χ1v) is 3.41. The SMILES string of the molecule is Cc1[nH]cnc1C(C)S. The van der Waals surface area contributed by atoms with E-state index in [2.05, 4.69) is 22.6 Å². The lowest BCUT2D eigenvalue weighted by molar-refractivity contribution is 1.02. The molecule has 2 nitrogen and oxygen atoms in total. The Morgan fingerprint density at radius 3 is 2.67 bits per heavy atom. The van der Waals surface area contributed by atoms with E-state index < -0.39 is 0 Å². The summed E-state index contributed by atoms with van der Waals surface area (Å²) in [6.07, 6.45) is 1.69. The zero-order valence-corrected chi connectivity index (χ0v) is 6.44. The maximum atomic E-state index is 4.24. The van der Waals surface area contributed by atoms with Gasteiger partial charge in [-0.15, -0.1) is 0 Å². The van der Waals surface area contributed by atoms with Crippen LogP contribution in [0.1, 0.15) is 23.6 Å². The summed E-state index contributed by atoms with van der Waals surface area (Å²) in [5.41, 5.74) is 2.15. The Morgan fingerprint density at radius 2 is 2.44 bits per heavy atom. The normalized spacial score (nSPS) is 13.7. The Morgan fingerprint density at radius 1 is 1.78 bits per heavy atom. The van der Waals surface area contributed by atoms with Crippen LogP contribution in [0.15, 0.2) is 6.33 Å². The third-order valence-corrected chi connectivity index (χ3v) is 1.51. The van der Waals surface area contributed by atoms with Gasteiger partial charge in [0, 0.05) is 10.9 Å². The average Bonchev–Trinajstić information content (AvgIpc) is 2.13. The van der Waals surface area contributed by atoms with E-state index in [9.17, 15) is 0 Å². The number of H-pyrrole nitrogens is 1. The van der Waals surface area contributed by atoms with Gasteiger partial charge in [0.1, 0.15) is 0 Å². The van der Waals surface area contributed by atoms with Crippen molar-refractivity contribution in [1.29, 1.82) is 0 Å². The van der Waals surface area contributed by atoms with Crippen molar-refractivity contribution < 1.29 is 0 Å². The van der Waals surface area contributed by atoms with Gasteiger partial charge in [0.05, 0.1) is 12.0 Å². The summed E-state index contributed by atoms with van der Waals surface area (Å²) in [6.45, 7) is 4.00. The van der Waals surface area contributed by atoms with Gasteiger partial charge in [-0.3, -0.25) is 0 Å². The molecular formula is C6H10N2S. The maximum absolute atomic E-state index is 4.24. The summed E-state index contributed by atoms with van der Waals surface area (Å²) in [5, 5.41) is 0.233. The molecule has 0 aromatic carbocycles. The molecule has 0 saturated carbocycles. The van der Waals surface area contributed by atoms with Gasteiger partial charge in [0.25, 0.3) is 0 Å².